The van der Waals surface area contributed by atoms with E-state index in [1.807, 2.05) is 52.1 Å². The molecule has 0 radical (unpaired) electrons. The van der Waals surface area contributed by atoms with Crippen molar-refractivity contribution < 1.29 is 9.53 Å². The van der Waals surface area contributed by atoms with Crippen LogP contribution in [-0.2, 0) is 11.8 Å². The molecule has 2 aromatic heterocycles. The monoisotopic (exact) mass is 381 g/mol. The molecule has 28 heavy (non-hydrogen) atoms. The zero-order valence-electron chi connectivity index (χ0n) is 16.9. The first-order valence-electron chi connectivity index (χ1n) is 9.53. The molecule has 0 saturated heterocycles. The minimum atomic E-state index is -0.163. The van der Waals surface area contributed by atoms with Gasteiger partial charge >= 0.3 is 0 Å². The number of benzene rings is 1. The van der Waals surface area contributed by atoms with Crippen molar-refractivity contribution in [3.8, 4) is 0 Å². The van der Waals surface area contributed by atoms with Crippen LogP contribution in [0.3, 0.4) is 0 Å². The molecular weight excluding hydrogens is 354 g/mol. The van der Waals surface area contributed by atoms with Crippen molar-refractivity contribution in [3.63, 3.8) is 0 Å². The summed E-state index contributed by atoms with van der Waals surface area (Å²) >= 11 is 0. The van der Waals surface area contributed by atoms with E-state index in [0.29, 0.717) is 25.3 Å². The molecule has 0 aliphatic rings. The number of ether oxygens (including phenoxy) is 1. The summed E-state index contributed by atoms with van der Waals surface area (Å²) < 4.78 is 7.05. The molecule has 0 spiro atoms. The lowest BCUT2D eigenvalue weighted by atomic mass is 10.1. The van der Waals surface area contributed by atoms with Gasteiger partial charge in [0.1, 0.15) is 0 Å². The van der Waals surface area contributed by atoms with Crippen molar-refractivity contribution in [2.24, 2.45) is 7.05 Å². The second-order valence-corrected chi connectivity index (χ2v) is 6.75. The summed E-state index contributed by atoms with van der Waals surface area (Å²) in [5.74, 6) is -0.163. The molecule has 148 valence electrons. The first kappa shape index (κ1) is 19.8. The van der Waals surface area contributed by atoms with Gasteiger partial charge in [0.2, 0.25) is 0 Å². The maximum absolute atomic E-state index is 12.8. The van der Waals surface area contributed by atoms with Crippen molar-refractivity contribution >= 4 is 28.3 Å². The number of aromatic nitrogens is 3. The molecule has 3 rings (SSSR count). The summed E-state index contributed by atoms with van der Waals surface area (Å²) in [4.78, 5) is 17.3. The number of carbonyl (C=O) groups excluding carboxylic acids is 1. The third kappa shape index (κ3) is 4.31. The molecule has 0 aliphatic heterocycles. The standard InChI is InChI=1S/C21H27N5O2/c1-5-28-12-6-11-22-21(27)17-13-23-20-18(15(3)25-26(20)4)19(17)24-16-9-7-14(2)8-10-16/h7-10,13H,5-6,11-12H2,1-4H3,(H,22,27)(H,23,24). The number of nitrogens with one attached hydrogen (secondary N) is 2. The van der Waals surface area contributed by atoms with Gasteiger partial charge in [-0.1, -0.05) is 17.7 Å². The van der Waals surface area contributed by atoms with Crippen LogP contribution in [0.2, 0.25) is 0 Å². The Morgan fingerprint density at radius 1 is 1.21 bits per heavy atom. The fourth-order valence-corrected chi connectivity index (χ4v) is 3.11. The lowest BCUT2D eigenvalue weighted by molar-refractivity contribution is 0.0945. The van der Waals surface area contributed by atoms with Gasteiger partial charge in [0.15, 0.2) is 5.65 Å². The molecule has 0 aliphatic carbocycles. The fourth-order valence-electron chi connectivity index (χ4n) is 3.11. The molecule has 0 bridgehead atoms. The molecular formula is C21H27N5O2. The van der Waals surface area contributed by atoms with E-state index < -0.39 is 0 Å². The van der Waals surface area contributed by atoms with Gasteiger partial charge in [-0.25, -0.2) is 4.98 Å². The third-order valence-electron chi connectivity index (χ3n) is 4.55. The summed E-state index contributed by atoms with van der Waals surface area (Å²) in [5.41, 5.74) is 4.87. The Morgan fingerprint density at radius 3 is 2.68 bits per heavy atom. The number of rotatable bonds is 8. The van der Waals surface area contributed by atoms with E-state index in [-0.39, 0.29) is 5.91 Å². The Hall–Kier alpha value is -2.93. The normalized spacial score (nSPS) is 11.0. The van der Waals surface area contributed by atoms with Crippen LogP contribution in [0.25, 0.3) is 11.0 Å². The van der Waals surface area contributed by atoms with Crippen molar-refractivity contribution in [1.82, 2.24) is 20.1 Å². The molecule has 0 fully saturated rings. The van der Waals surface area contributed by atoms with Gasteiger partial charge < -0.3 is 15.4 Å². The number of hydrogen-bond donors (Lipinski definition) is 2. The van der Waals surface area contributed by atoms with Crippen LogP contribution in [-0.4, -0.2) is 40.4 Å². The topological polar surface area (TPSA) is 81.1 Å². The number of anilines is 2. The van der Waals surface area contributed by atoms with Crippen LogP contribution >= 0.6 is 0 Å². The minimum Gasteiger partial charge on any atom is -0.382 e. The average molecular weight is 381 g/mol. The number of aryl methyl sites for hydroxylation is 3. The Bertz CT molecular complexity index is 963. The molecule has 3 aromatic rings. The number of carbonyl (C=O) groups is 1. The van der Waals surface area contributed by atoms with E-state index in [4.69, 9.17) is 4.74 Å². The van der Waals surface area contributed by atoms with Gasteiger partial charge in [0.05, 0.1) is 22.3 Å². The van der Waals surface area contributed by atoms with Crippen LogP contribution in [0, 0.1) is 13.8 Å². The summed E-state index contributed by atoms with van der Waals surface area (Å²) in [7, 11) is 1.85. The van der Waals surface area contributed by atoms with E-state index in [0.717, 1.165) is 34.5 Å². The number of nitrogens with zero attached hydrogens (tertiary/aromatic N) is 3. The summed E-state index contributed by atoms with van der Waals surface area (Å²) in [6.07, 6.45) is 2.37. The first-order valence-corrected chi connectivity index (χ1v) is 9.53. The van der Waals surface area contributed by atoms with Gasteiger partial charge in [-0.3, -0.25) is 9.48 Å². The van der Waals surface area contributed by atoms with Crippen molar-refractivity contribution in [2.75, 3.05) is 25.1 Å². The van der Waals surface area contributed by atoms with Crippen LogP contribution in [0.5, 0.6) is 0 Å². The number of amides is 1. The molecule has 0 saturated carbocycles. The molecule has 2 N–H and O–H groups in total. The zero-order valence-corrected chi connectivity index (χ0v) is 16.9. The molecule has 0 unspecified atom stereocenters. The highest BCUT2D eigenvalue weighted by atomic mass is 16.5. The third-order valence-corrected chi connectivity index (χ3v) is 4.55. The molecule has 1 amide bonds. The second-order valence-electron chi connectivity index (χ2n) is 6.75. The average Bonchev–Trinajstić information content (AvgIpc) is 2.97. The lowest BCUT2D eigenvalue weighted by Crippen LogP contribution is -2.26. The number of fused-ring (bicyclic) bond motifs is 1. The Morgan fingerprint density at radius 2 is 1.96 bits per heavy atom. The van der Waals surface area contributed by atoms with Crippen molar-refractivity contribution in [3.05, 3.63) is 47.3 Å². The summed E-state index contributed by atoms with van der Waals surface area (Å²) in [6, 6.07) is 8.06. The van der Waals surface area contributed by atoms with Crippen molar-refractivity contribution in [2.45, 2.75) is 27.2 Å². The lowest BCUT2D eigenvalue weighted by Gasteiger charge is -2.14. The SMILES string of the molecule is CCOCCCNC(=O)c1cnc2c(c(C)nn2C)c1Nc1ccc(C)cc1. The van der Waals surface area contributed by atoms with E-state index in [1.54, 1.807) is 10.9 Å². The molecule has 0 atom stereocenters. The van der Waals surface area contributed by atoms with E-state index in [1.165, 1.54) is 5.56 Å². The minimum absolute atomic E-state index is 0.163. The zero-order chi connectivity index (χ0) is 20.1. The maximum atomic E-state index is 12.8. The van der Waals surface area contributed by atoms with E-state index in [2.05, 4.69) is 20.7 Å². The first-order chi connectivity index (χ1) is 13.5. The van der Waals surface area contributed by atoms with E-state index >= 15 is 0 Å². The summed E-state index contributed by atoms with van der Waals surface area (Å²) in [6.45, 7) is 7.78. The highest BCUT2D eigenvalue weighted by Crippen LogP contribution is 2.31. The second kappa shape index (κ2) is 8.84. The molecule has 7 heteroatoms. The van der Waals surface area contributed by atoms with Crippen LogP contribution in [0.1, 0.15) is 35.0 Å². The van der Waals surface area contributed by atoms with Gasteiger partial charge in [0.25, 0.3) is 5.91 Å². The molecule has 2 heterocycles. The Balaban J connectivity index is 1.93. The fraction of sp³-hybridized carbons (Fsp3) is 0.381. The predicted molar refractivity (Wildman–Crippen MR) is 111 cm³/mol. The van der Waals surface area contributed by atoms with Gasteiger partial charge in [-0.05, 0) is 39.3 Å². The van der Waals surface area contributed by atoms with Crippen LogP contribution < -0.4 is 10.6 Å². The van der Waals surface area contributed by atoms with Gasteiger partial charge in [0, 0.05) is 38.7 Å². The Kier molecular flexibility index (Phi) is 6.26. The largest absolute Gasteiger partial charge is 0.382 e. The Labute approximate surface area is 165 Å². The smallest absolute Gasteiger partial charge is 0.254 e. The van der Waals surface area contributed by atoms with Gasteiger partial charge in [-0.2, -0.15) is 5.10 Å². The highest BCUT2D eigenvalue weighted by Gasteiger charge is 2.20. The van der Waals surface area contributed by atoms with Crippen LogP contribution in [0.4, 0.5) is 11.4 Å². The quantitative estimate of drug-likeness (QED) is 0.584. The molecule has 7 nitrogen and oxygen atoms in total. The maximum Gasteiger partial charge on any atom is 0.254 e. The van der Waals surface area contributed by atoms with E-state index in [9.17, 15) is 4.79 Å². The highest BCUT2D eigenvalue weighted by molar-refractivity contribution is 6.08. The number of hydrogen-bond acceptors (Lipinski definition) is 5. The number of pyridine rings is 1. The van der Waals surface area contributed by atoms with Crippen LogP contribution in [0.15, 0.2) is 30.5 Å². The predicted octanol–water partition coefficient (Wildman–Crippen LogP) is 3.49. The van der Waals surface area contributed by atoms with Gasteiger partial charge in [-0.15, -0.1) is 0 Å². The summed E-state index contributed by atoms with van der Waals surface area (Å²) in [5, 5.41) is 11.7. The van der Waals surface area contributed by atoms with Crippen molar-refractivity contribution in [1.29, 1.82) is 0 Å². The molecule has 1 aromatic carbocycles.